The number of hydrogen-bond donors (Lipinski definition) is 5. The Hall–Kier alpha value is -2.87. The van der Waals surface area contributed by atoms with Gasteiger partial charge in [-0.1, -0.05) is 61.8 Å². The van der Waals surface area contributed by atoms with E-state index in [2.05, 4.69) is 15.6 Å². The van der Waals surface area contributed by atoms with Crippen LogP contribution in [0.4, 0.5) is 0 Å². The van der Waals surface area contributed by atoms with E-state index in [0.717, 1.165) is 5.56 Å². The molecule has 1 amide bonds. The summed E-state index contributed by atoms with van der Waals surface area (Å²) in [6.45, 7) is 4.39. The number of aliphatic hydroxyl groups is 1. The van der Waals surface area contributed by atoms with Crippen LogP contribution in [-0.2, 0) is 11.3 Å². The number of carboxylic acid groups (broad SMARTS) is 1. The fourth-order valence-corrected chi connectivity index (χ4v) is 3.77. The molecule has 0 fully saturated rings. The molecule has 0 aliphatic heterocycles. The third-order valence-corrected chi connectivity index (χ3v) is 5.50. The first-order chi connectivity index (χ1) is 15.3. The van der Waals surface area contributed by atoms with Crippen molar-refractivity contribution < 1.29 is 19.8 Å². The van der Waals surface area contributed by atoms with Crippen LogP contribution >= 0.6 is 11.6 Å². The van der Waals surface area contributed by atoms with E-state index in [4.69, 9.17) is 11.6 Å². The number of carbonyl (C=O) groups is 2. The summed E-state index contributed by atoms with van der Waals surface area (Å²) in [5, 5.41) is 27.7. The zero-order chi connectivity index (χ0) is 23.3. The van der Waals surface area contributed by atoms with Gasteiger partial charge in [-0.15, -0.1) is 0 Å². The quantitative estimate of drug-likeness (QED) is 0.292. The highest BCUT2D eigenvalue weighted by atomic mass is 35.5. The minimum Gasteiger partial charge on any atom is -0.477 e. The first-order valence-corrected chi connectivity index (χ1v) is 10.9. The van der Waals surface area contributed by atoms with Crippen molar-refractivity contribution >= 4 is 34.4 Å². The molecule has 2 atom stereocenters. The maximum Gasteiger partial charge on any atom is 0.352 e. The van der Waals surface area contributed by atoms with Crippen molar-refractivity contribution in [3.05, 3.63) is 70.4 Å². The van der Waals surface area contributed by atoms with Crippen LogP contribution in [-0.4, -0.2) is 33.3 Å². The highest BCUT2D eigenvalue weighted by Crippen LogP contribution is 2.32. The Kier molecular flexibility index (Phi) is 7.90. The predicted molar refractivity (Wildman–Crippen MR) is 125 cm³/mol. The van der Waals surface area contributed by atoms with Gasteiger partial charge in [0.25, 0.3) is 0 Å². The molecule has 3 rings (SSSR count). The molecule has 0 aliphatic rings. The number of carboxylic acids is 1. The summed E-state index contributed by atoms with van der Waals surface area (Å²) in [4.78, 5) is 27.5. The Morgan fingerprint density at radius 3 is 2.50 bits per heavy atom. The standard InChI is InChI=1S/C24H28ClN3O4/c1-14(2)8-11-19(29)28-21(23(30)26-13-15-6-4-3-5-7-15)20-17-10-9-16(25)12-18(17)27-22(20)24(31)32/h3-7,9-10,12,14,21,23,26-27,30H,8,11,13H2,1-2H3,(H,28,29)(H,31,32). The van der Waals surface area contributed by atoms with Gasteiger partial charge in [-0.3, -0.25) is 10.1 Å². The monoisotopic (exact) mass is 457 g/mol. The third-order valence-electron chi connectivity index (χ3n) is 5.26. The first kappa shape index (κ1) is 23.8. The molecule has 8 heteroatoms. The van der Waals surface area contributed by atoms with Crippen molar-refractivity contribution in [2.75, 3.05) is 0 Å². The lowest BCUT2D eigenvalue weighted by molar-refractivity contribution is -0.123. The topological polar surface area (TPSA) is 114 Å². The van der Waals surface area contributed by atoms with E-state index in [1.54, 1.807) is 18.2 Å². The van der Waals surface area contributed by atoms with Gasteiger partial charge < -0.3 is 20.5 Å². The largest absolute Gasteiger partial charge is 0.477 e. The van der Waals surface area contributed by atoms with Gasteiger partial charge in [0.1, 0.15) is 11.9 Å². The fraction of sp³-hybridized carbons (Fsp3) is 0.333. The van der Waals surface area contributed by atoms with Crippen LogP contribution in [0.2, 0.25) is 5.02 Å². The molecule has 1 aromatic heterocycles. The van der Waals surface area contributed by atoms with Gasteiger partial charge in [-0.2, -0.15) is 0 Å². The van der Waals surface area contributed by atoms with Gasteiger partial charge in [-0.25, -0.2) is 4.79 Å². The number of aliphatic hydroxyl groups excluding tert-OH is 1. The number of carbonyl (C=O) groups excluding carboxylic acids is 1. The second kappa shape index (κ2) is 10.6. The van der Waals surface area contributed by atoms with Crippen molar-refractivity contribution in [3.8, 4) is 0 Å². The van der Waals surface area contributed by atoms with Crippen LogP contribution in [0.5, 0.6) is 0 Å². The highest BCUT2D eigenvalue weighted by Gasteiger charge is 2.31. The van der Waals surface area contributed by atoms with Gasteiger partial charge in [0, 0.05) is 34.5 Å². The average Bonchev–Trinajstić information content (AvgIpc) is 3.13. The number of hydrogen-bond acceptors (Lipinski definition) is 4. The van der Waals surface area contributed by atoms with Crippen molar-refractivity contribution in [3.63, 3.8) is 0 Å². The lowest BCUT2D eigenvalue weighted by Crippen LogP contribution is -2.44. The van der Waals surface area contributed by atoms with E-state index in [-0.39, 0.29) is 18.0 Å². The van der Waals surface area contributed by atoms with Crippen LogP contribution in [0.25, 0.3) is 10.9 Å². The molecule has 170 valence electrons. The average molecular weight is 458 g/mol. The number of nitrogens with one attached hydrogen (secondary N) is 3. The van der Waals surface area contributed by atoms with Gasteiger partial charge in [0.15, 0.2) is 0 Å². The second-order valence-electron chi connectivity index (χ2n) is 8.20. The van der Waals surface area contributed by atoms with Crippen molar-refractivity contribution in [1.82, 2.24) is 15.6 Å². The minimum atomic E-state index is -1.23. The van der Waals surface area contributed by atoms with E-state index >= 15 is 0 Å². The van der Waals surface area contributed by atoms with E-state index < -0.39 is 18.2 Å². The van der Waals surface area contributed by atoms with Crippen LogP contribution in [0.3, 0.4) is 0 Å². The molecule has 5 N–H and O–H groups in total. The summed E-state index contributed by atoms with van der Waals surface area (Å²) in [6.07, 6.45) is -0.275. The zero-order valence-corrected chi connectivity index (χ0v) is 18.8. The number of aromatic carboxylic acids is 1. The lowest BCUT2D eigenvalue weighted by atomic mass is 9.99. The van der Waals surface area contributed by atoms with E-state index in [0.29, 0.717) is 40.4 Å². The maximum absolute atomic E-state index is 12.7. The summed E-state index contributed by atoms with van der Waals surface area (Å²) in [5.41, 5.74) is 1.66. The Morgan fingerprint density at radius 2 is 1.84 bits per heavy atom. The summed E-state index contributed by atoms with van der Waals surface area (Å²) in [6, 6.07) is 13.5. The minimum absolute atomic E-state index is 0.100. The summed E-state index contributed by atoms with van der Waals surface area (Å²) < 4.78 is 0. The number of amides is 1. The molecule has 0 radical (unpaired) electrons. The van der Waals surface area contributed by atoms with Gasteiger partial charge in [0.05, 0.1) is 6.04 Å². The Bertz CT molecular complexity index is 1080. The molecule has 1 heterocycles. The van der Waals surface area contributed by atoms with Gasteiger partial charge in [-0.05, 0) is 30.0 Å². The maximum atomic E-state index is 12.7. The number of H-pyrrole nitrogens is 1. The number of benzene rings is 2. The van der Waals surface area contributed by atoms with Crippen LogP contribution in [0, 0.1) is 5.92 Å². The van der Waals surface area contributed by atoms with Crippen molar-refractivity contribution in [2.24, 2.45) is 5.92 Å². The van der Waals surface area contributed by atoms with Gasteiger partial charge >= 0.3 is 5.97 Å². The van der Waals surface area contributed by atoms with Crippen LogP contribution < -0.4 is 10.6 Å². The molecule has 0 aliphatic carbocycles. The number of aromatic amines is 1. The fourth-order valence-electron chi connectivity index (χ4n) is 3.59. The molecule has 0 saturated carbocycles. The summed E-state index contributed by atoms with van der Waals surface area (Å²) >= 11 is 6.08. The third kappa shape index (κ3) is 5.88. The molecule has 2 aromatic carbocycles. The number of aromatic nitrogens is 1. The Morgan fingerprint density at radius 1 is 1.12 bits per heavy atom. The molecule has 3 aromatic rings. The molecule has 0 spiro atoms. The number of halogens is 1. The van der Waals surface area contributed by atoms with Crippen molar-refractivity contribution in [2.45, 2.75) is 45.5 Å². The molecule has 32 heavy (non-hydrogen) atoms. The lowest BCUT2D eigenvalue weighted by Gasteiger charge is -2.26. The zero-order valence-electron chi connectivity index (χ0n) is 18.1. The van der Waals surface area contributed by atoms with E-state index in [1.807, 2.05) is 44.2 Å². The number of fused-ring (bicyclic) bond motifs is 1. The molecular formula is C24H28ClN3O4. The van der Waals surface area contributed by atoms with Gasteiger partial charge in [0.2, 0.25) is 5.91 Å². The smallest absolute Gasteiger partial charge is 0.352 e. The molecule has 2 unspecified atom stereocenters. The van der Waals surface area contributed by atoms with Crippen molar-refractivity contribution in [1.29, 1.82) is 0 Å². The molecular weight excluding hydrogens is 430 g/mol. The summed E-state index contributed by atoms with van der Waals surface area (Å²) in [5.74, 6) is -1.11. The normalized spacial score (nSPS) is 13.3. The predicted octanol–water partition coefficient (Wildman–Crippen LogP) is 4.22. The van der Waals surface area contributed by atoms with Crippen LogP contribution in [0.1, 0.15) is 54.3 Å². The first-order valence-electron chi connectivity index (χ1n) is 10.6. The number of rotatable bonds is 10. The molecule has 0 bridgehead atoms. The SMILES string of the molecule is CC(C)CCC(=O)NC(c1c(C(=O)O)[nH]c2cc(Cl)ccc12)C(O)NCc1ccccc1. The van der Waals surface area contributed by atoms with Crippen LogP contribution in [0.15, 0.2) is 48.5 Å². The molecule has 7 nitrogen and oxygen atoms in total. The molecule has 0 saturated heterocycles. The van der Waals surface area contributed by atoms with E-state index in [9.17, 15) is 19.8 Å². The Labute approximate surface area is 191 Å². The Balaban J connectivity index is 1.96. The highest BCUT2D eigenvalue weighted by molar-refractivity contribution is 6.31. The second-order valence-corrected chi connectivity index (χ2v) is 8.63. The van der Waals surface area contributed by atoms with E-state index in [1.165, 1.54) is 0 Å². The summed E-state index contributed by atoms with van der Waals surface area (Å²) in [7, 11) is 0.